The smallest absolute Gasteiger partial charge is 0.160 e. The molecule has 1 aromatic heterocycles. The molecule has 5 heteroatoms. The van der Waals surface area contributed by atoms with Crippen molar-refractivity contribution in [2.24, 2.45) is 0 Å². The average molecular weight is 273 g/mol. The predicted octanol–water partition coefficient (Wildman–Crippen LogP) is 3.60. The Labute approximate surface area is 115 Å². The van der Waals surface area contributed by atoms with Gasteiger partial charge in [0.05, 0.1) is 6.07 Å². The highest BCUT2D eigenvalue weighted by Gasteiger charge is 2.30. The lowest BCUT2D eigenvalue weighted by Crippen LogP contribution is -2.33. The van der Waals surface area contributed by atoms with Crippen LogP contribution in [0.4, 0.5) is 14.5 Å². The molecule has 1 atom stereocenters. The Bertz CT molecular complexity index is 637. The third kappa shape index (κ3) is 2.59. The van der Waals surface area contributed by atoms with Crippen LogP contribution in [0.15, 0.2) is 42.7 Å². The zero-order chi connectivity index (χ0) is 14.6. The normalized spacial score (nSPS) is 13.3. The molecule has 2 aromatic rings. The van der Waals surface area contributed by atoms with E-state index in [4.69, 9.17) is 0 Å². The number of rotatable bonds is 4. The Morgan fingerprint density at radius 3 is 2.65 bits per heavy atom. The van der Waals surface area contributed by atoms with Gasteiger partial charge in [-0.15, -0.1) is 0 Å². The Hall–Kier alpha value is -2.48. The first-order chi connectivity index (χ1) is 9.61. The average Bonchev–Trinajstić information content (AvgIpc) is 2.49. The SMILES string of the molecule is CCC(C#N)(Nc1ccc(F)c(F)c1)c1cccnc1. The van der Waals surface area contributed by atoms with Crippen molar-refractivity contribution < 1.29 is 8.78 Å². The number of anilines is 1. The highest BCUT2D eigenvalue weighted by Crippen LogP contribution is 2.29. The number of hydrogen-bond donors (Lipinski definition) is 1. The van der Waals surface area contributed by atoms with Crippen molar-refractivity contribution in [3.63, 3.8) is 0 Å². The van der Waals surface area contributed by atoms with E-state index in [9.17, 15) is 14.0 Å². The first-order valence-electron chi connectivity index (χ1n) is 6.16. The monoisotopic (exact) mass is 273 g/mol. The largest absolute Gasteiger partial charge is 0.364 e. The summed E-state index contributed by atoms with van der Waals surface area (Å²) in [5.41, 5.74) is -0.00990. The number of halogens is 2. The summed E-state index contributed by atoms with van der Waals surface area (Å²) in [6.07, 6.45) is 3.65. The van der Waals surface area contributed by atoms with Gasteiger partial charge in [-0.3, -0.25) is 4.98 Å². The van der Waals surface area contributed by atoms with Gasteiger partial charge in [0.25, 0.3) is 0 Å². The van der Waals surface area contributed by atoms with Gasteiger partial charge in [-0.05, 0) is 24.6 Å². The second kappa shape index (κ2) is 5.66. The third-order valence-electron chi connectivity index (χ3n) is 3.15. The van der Waals surface area contributed by atoms with Crippen LogP contribution < -0.4 is 5.32 Å². The molecule has 102 valence electrons. The molecule has 3 nitrogen and oxygen atoms in total. The molecule has 0 aliphatic rings. The number of nitrogens with one attached hydrogen (secondary N) is 1. The number of nitrogens with zero attached hydrogens (tertiary/aromatic N) is 2. The first-order valence-corrected chi connectivity index (χ1v) is 6.16. The summed E-state index contributed by atoms with van der Waals surface area (Å²) in [6, 6.07) is 9.15. The molecule has 1 heterocycles. The third-order valence-corrected chi connectivity index (χ3v) is 3.15. The molecule has 0 radical (unpaired) electrons. The minimum Gasteiger partial charge on any atom is -0.364 e. The van der Waals surface area contributed by atoms with Crippen LogP contribution >= 0.6 is 0 Å². The zero-order valence-electron chi connectivity index (χ0n) is 10.9. The van der Waals surface area contributed by atoms with E-state index in [-0.39, 0.29) is 0 Å². The van der Waals surface area contributed by atoms with Crippen LogP contribution in [-0.2, 0) is 5.54 Å². The van der Waals surface area contributed by atoms with Gasteiger partial charge in [-0.2, -0.15) is 5.26 Å². The van der Waals surface area contributed by atoms with E-state index in [2.05, 4.69) is 16.4 Å². The fourth-order valence-corrected chi connectivity index (χ4v) is 1.97. The molecule has 0 aliphatic carbocycles. The minimum absolute atomic E-state index is 0.344. The van der Waals surface area contributed by atoms with E-state index in [1.165, 1.54) is 6.07 Å². The summed E-state index contributed by atoms with van der Waals surface area (Å²) in [7, 11) is 0. The lowest BCUT2D eigenvalue weighted by molar-refractivity contribution is 0.508. The van der Waals surface area contributed by atoms with E-state index in [1.54, 1.807) is 24.5 Å². The molecule has 0 spiro atoms. The van der Waals surface area contributed by atoms with Gasteiger partial charge in [0.2, 0.25) is 0 Å². The second-order valence-electron chi connectivity index (χ2n) is 4.37. The number of pyridine rings is 1. The topological polar surface area (TPSA) is 48.7 Å². The fourth-order valence-electron chi connectivity index (χ4n) is 1.97. The van der Waals surface area contributed by atoms with Crippen molar-refractivity contribution in [3.05, 3.63) is 59.9 Å². The van der Waals surface area contributed by atoms with Crippen molar-refractivity contribution in [2.75, 3.05) is 5.32 Å². The first kappa shape index (κ1) is 13.9. The van der Waals surface area contributed by atoms with Crippen LogP contribution in [-0.4, -0.2) is 4.98 Å². The molecular formula is C15H13F2N3. The van der Waals surface area contributed by atoms with Crippen LogP contribution in [0.1, 0.15) is 18.9 Å². The number of hydrogen-bond acceptors (Lipinski definition) is 3. The zero-order valence-corrected chi connectivity index (χ0v) is 10.9. The summed E-state index contributed by atoms with van der Waals surface area (Å²) < 4.78 is 26.2. The van der Waals surface area contributed by atoms with Gasteiger partial charge in [-0.25, -0.2) is 8.78 Å². The molecule has 1 unspecified atom stereocenters. The van der Waals surface area contributed by atoms with Gasteiger partial charge in [0.1, 0.15) is 0 Å². The Morgan fingerprint density at radius 2 is 2.10 bits per heavy atom. The summed E-state index contributed by atoms with van der Waals surface area (Å²) in [4.78, 5) is 3.99. The summed E-state index contributed by atoms with van der Waals surface area (Å²) in [6.45, 7) is 1.84. The van der Waals surface area contributed by atoms with E-state index < -0.39 is 17.2 Å². The van der Waals surface area contributed by atoms with Crippen molar-refractivity contribution >= 4 is 5.69 Å². The molecule has 0 saturated carbocycles. The maximum absolute atomic E-state index is 13.3. The van der Waals surface area contributed by atoms with Gasteiger partial charge >= 0.3 is 0 Å². The van der Waals surface area contributed by atoms with Crippen LogP contribution in [0, 0.1) is 23.0 Å². The van der Waals surface area contributed by atoms with Crippen LogP contribution in [0.25, 0.3) is 0 Å². The van der Waals surface area contributed by atoms with E-state index in [1.807, 2.05) is 6.92 Å². The van der Waals surface area contributed by atoms with E-state index >= 15 is 0 Å². The maximum Gasteiger partial charge on any atom is 0.160 e. The molecule has 2 rings (SSSR count). The second-order valence-corrected chi connectivity index (χ2v) is 4.37. The minimum atomic E-state index is -1.03. The molecule has 0 bridgehead atoms. The molecule has 0 aliphatic heterocycles. The van der Waals surface area contributed by atoms with Crippen molar-refractivity contribution in [2.45, 2.75) is 18.9 Å². The van der Waals surface area contributed by atoms with E-state index in [0.29, 0.717) is 17.7 Å². The van der Waals surface area contributed by atoms with Crippen molar-refractivity contribution in [1.82, 2.24) is 4.98 Å². The Morgan fingerprint density at radius 1 is 1.30 bits per heavy atom. The molecule has 0 saturated heterocycles. The lowest BCUT2D eigenvalue weighted by Gasteiger charge is -2.28. The molecular weight excluding hydrogens is 260 g/mol. The van der Waals surface area contributed by atoms with Gasteiger partial charge in [0, 0.05) is 29.7 Å². The summed E-state index contributed by atoms with van der Waals surface area (Å²) in [5.74, 6) is -1.87. The fraction of sp³-hybridized carbons (Fsp3) is 0.200. The van der Waals surface area contributed by atoms with Gasteiger partial charge in [-0.1, -0.05) is 13.0 Å². The van der Waals surface area contributed by atoms with E-state index in [0.717, 1.165) is 12.1 Å². The molecule has 0 amide bonds. The lowest BCUT2D eigenvalue weighted by atomic mass is 9.89. The highest BCUT2D eigenvalue weighted by atomic mass is 19.2. The number of benzene rings is 1. The number of aromatic nitrogens is 1. The van der Waals surface area contributed by atoms with Crippen LogP contribution in [0.5, 0.6) is 0 Å². The predicted molar refractivity (Wildman–Crippen MR) is 71.8 cm³/mol. The molecule has 0 fully saturated rings. The molecule has 20 heavy (non-hydrogen) atoms. The van der Waals surface area contributed by atoms with Crippen LogP contribution in [0.2, 0.25) is 0 Å². The number of nitriles is 1. The van der Waals surface area contributed by atoms with Gasteiger partial charge in [0.15, 0.2) is 17.2 Å². The maximum atomic E-state index is 13.3. The van der Waals surface area contributed by atoms with Crippen molar-refractivity contribution in [3.8, 4) is 6.07 Å². The highest BCUT2D eigenvalue weighted by molar-refractivity contribution is 5.51. The molecule has 1 N–H and O–H groups in total. The standard InChI is InChI=1S/C15H13F2N3/c1-2-15(10-18,11-4-3-7-19-9-11)20-12-5-6-13(16)14(17)8-12/h3-9,20H,2H2,1H3. The molecule has 1 aromatic carbocycles. The van der Waals surface area contributed by atoms with Crippen LogP contribution in [0.3, 0.4) is 0 Å². The Kier molecular flexibility index (Phi) is 3.94. The van der Waals surface area contributed by atoms with Crippen molar-refractivity contribution in [1.29, 1.82) is 5.26 Å². The quantitative estimate of drug-likeness (QED) is 0.925. The summed E-state index contributed by atoms with van der Waals surface area (Å²) >= 11 is 0. The summed E-state index contributed by atoms with van der Waals surface area (Å²) in [5, 5.41) is 12.5. The Balaban J connectivity index is 2.40. The van der Waals surface area contributed by atoms with Gasteiger partial charge < -0.3 is 5.32 Å².